The number of nitrogens with zero attached hydrogens (tertiary/aromatic N) is 1. The molecule has 21 heavy (non-hydrogen) atoms. The fourth-order valence-electron chi connectivity index (χ4n) is 2.75. The van der Waals surface area contributed by atoms with Crippen LogP contribution in [0.15, 0.2) is 42.5 Å². The van der Waals surface area contributed by atoms with Gasteiger partial charge in [0.05, 0.1) is 28.9 Å². The van der Waals surface area contributed by atoms with Crippen molar-refractivity contribution >= 4 is 28.3 Å². The molecule has 1 aliphatic carbocycles. The third-order valence-electron chi connectivity index (χ3n) is 3.78. The number of carbonyl (C=O) groups excluding carboxylic acids is 1. The molecule has 2 aromatic carbocycles. The van der Waals surface area contributed by atoms with Crippen molar-refractivity contribution in [3.05, 3.63) is 58.6 Å². The molecule has 4 rings (SSSR count). The summed E-state index contributed by atoms with van der Waals surface area (Å²) in [5.41, 5.74) is 3.40. The van der Waals surface area contributed by atoms with E-state index in [1.54, 1.807) is 19.2 Å². The number of halogens is 1. The number of hydrogen-bond acceptors (Lipinski definition) is 3. The predicted molar refractivity (Wildman–Crippen MR) is 82.2 cm³/mol. The van der Waals surface area contributed by atoms with Crippen molar-refractivity contribution < 1.29 is 9.53 Å². The Labute approximate surface area is 126 Å². The quantitative estimate of drug-likeness (QED) is 0.530. The highest BCUT2D eigenvalue weighted by Gasteiger charge is 2.31. The molecule has 3 nitrogen and oxygen atoms in total. The van der Waals surface area contributed by atoms with Gasteiger partial charge in [0, 0.05) is 16.5 Å². The van der Waals surface area contributed by atoms with Crippen molar-refractivity contribution in [2.75, 3.05) is 7.11 Å². The second-order valence-electron chi connectivity index (χ2n) is 4.91. The van der Waals surface area contributed by atoms with Gasteiger partial charge in [-0.2, -0.15) is 0 Å². The zero-order valence-electron chi connectivity index (χ0n) is 11.2. The van der Waals surface area contributed by atoms with Gasteiger partial charge in [-0.15, -0.1) is 0 Å². The molecule has 0 unspecified atom stereocenters. The molecule has 0 aliphatic heterocycles. The molecule has 1 aromatic heterocycles. The number of hydrogen-bond donors (Lipinski definition) is 0. The van der Waals surface area contributed by atoms with E-state index in [9.17, 15) is 4.79 Å². The molecule has 0 spiro atoms. The van der Waals surface area contributed by atoms with Crippen molar-refractivity contribution in [3.8, 4) is 17.0 Å². The summed E-state index contributed by atoms with van der Waals surface area (Å²) >= 11 is 6.48. The molecule has 4 heteroatoms. The highest BCUT2D eigenvalue weighted by Crippen LogP contribution is 2.42. The van der Waals surface area contributed by atoms with E-state index in [0.29, 0.717) is 27.6 Å². The Morgan fingerprint density at radius 1 is 1.10 bits per heavy atom. The standard InChI is InChI=1S/C17H10ClNO2/c1-21-9-6-7-13-12(8-9)15(18)14-16(19-13)10-4-2-3-5-11(10)17(14)20/h2-8H,1H3. The summed E-state index contributed by atoms with van der Waals surface area (Å²) in [6, 6.07) is 12.9. The summed E-state index contributed by atoms with van der Waals surface area (Å²) in [4.78, 5) is 17.2. The number of rotatable bonds is 1. The van der Waals surface area contributed by atoms with Crippen molar-refractivity contribution in [1.29, 1.82) is 0 Å². The van der Waals surface area contributed by atoms with Gasteiger partial charge in [0.15, 0.2) is 5.78 Å². The van der Waals surface area contributed by atoms with Gasteiger partial charge in [-0.25, -0.2) is 4.98 Å². The molecule has 3 aromatic rings. The molecule has 1 aliphatic rings. The molecule has 0 radical (unpaired) electrons. The molecule has 0 N–H and O–H groups in total. The lowest BCUT2D eigenvalue weighted by molar-refractivity contribution is 0.104. The minimum atomic E-state index is -0.0668. The van der Waals surface area contributed by atoms with Crippen LogP contribution in [-0.4, -0.2) is 17.9 Å². The van der Waals surface area contributed by atoms with Gasteiger partial charge in [-0.1, -0.05) is 35.9 Å². The monoisotopic (exact) mass is 295 g/mol. The summed E-state index contributed by atoms with van der Waals surface area (Å²) in [6.07, 6.45) is 0. The zero-order valence-corrected chi connectivity index (χ0v) is 11.9. The highest BCUT2D eigenvalue weighted by molar-refractivity contribution is 6.41. The zero-order chi connectivity index (χ0) is 14.6. The molecule has 0 fully saturated rings. The van der Waals surface area contributed by atoms with Gasteiger partial charge in [0.25, 0.3) is 0 Å². The van der Waals surface area contributed by atoms with Crippen molar-refractivity contribution in [1.82, 2.24) is 4.98 Å². The Bertz CT molecular complexity index is 918. The maximum absolute atomic E-state index is 12.6. The lowest BCUT2D eigenvalue weighted by Gasteiger charge is -2.07. The number of fused-ring (bicyclic) bond motifs is 4. The van der Waals surface area contributed by atoms with Crippen LogP contribution >= 0.6 is 11.6 Å². The third-order valence-corrected chi connectivity index (χ3v) is 4.18. The van der Waals surface area contributed by atoms with Gasteiger partial charge in [0.1, 0.15) is 5.75 Å². The van der Waals surface area contributed by atoms with E-state index in [-0.39, 0.29) is 5.78 Å². The Hall–Kier alpha value is -2.39. The van der Waals surface area contributed by atoms with Crippen molar-refractivity contribution in [3.63, 3.8) is 0 Å². The summed E-state index contributed by atoms with van der Waals surface area (Å²) in [5, 5.41) is 1.17. The normalized spacial score (nSPS) is 12.4. The van der Waals surface area contributed by atoms with Gasteiger partial charge >= 0.3 is 0 Å². The van der Waals surface area contributed by atoms with Crippen LogP contribution in [0.3, 0.4) is 0 Å². The second kappa shape index (κ2) is 4.30. The summed E-state index contributed by atoms with van der Waals surface area (Å²) < 4.78 is 5.21. The Balaban J connectivity index is 2.11. The number of aromatic nitrogens is 1. The topological polar surface area (TPSA) is 39.2 Å². The molecule has 0 amide bonds. The Kier molecular flexibility index (Phi) is 2.53. The maximum Gasteiger partial charge on any atom is 0.197 e. The first-order valence-electron chi connectivity index (χ1n) is 6.52. The van der Waals surface area contributed by atoms with Crippen LogP contribution < -0.4 is 4.74 Å². The molecule has 0 bridgehead atoms. The Morgan fingerprint density at radius 2 is 1.86 bits per heavy atom. The van der Waals surface area contributed by atoms with Crippen LogP contribution in [0, 0.1) is 0 Å². The average molecular weight is 296 g/mol. The third kappa shape index (κ3) is 1.61. The lowest BCUT2D eigenvalue weighted by atomic mass is 10.1. The first-order valence-corrected chi connectivity index (χ1v) is 6.90. The summed E-state index contributed by atoms with van der Waals surface area (Å²) in [6.45, 7) is 0. The SMILES string of the molecule is COc1ccc2nc3c(c(Cl)c2c1)C(=O)c1ccccc1-3. The lowest BCUT2D eigenvalue weighted by Crippen LogP contribution is -1.98. The van der Waals surface area contributed by atoms with E-state index < -0.39 is 0 Å². The van der Waals surface area contributed by atoms with E-state index in [2.05, 4.69) is 4.98 Å². The number of pyridine rings is 1. The maximum atomic E-state index is 12.6. The first-order chi connectivity index (χ1) is 10.2. The molecular weight excluding hydrogens is 286 g/mol. The fraction of sp³-hybridized carbons (Fsp3) is 0.0588. The second-order valence-corrected chi connectivity index (χ2v) is 5.29. The molecule has 102 valence electrons. The number of benzene rings is 2. The molecule has 0 atom stereocenters. The fourth-order valence-corrected chi connectivity index (χ4v) is 3.08. The van der Waals surface area contributed by atoms with Crippen LogP contribution in [0.5, 0.6) is 5.75 Å². The molecular formula is C17H10ClNO2. The number of carbonyl (C=O) groups is 1. The molecule has 0 saturated carbocycles. The van der Waals surface area contributed by atoms with Gasteiger partial charge in [0.2, 0.25) is 0 Å². The van der Waals surface area contributed by atoms with E-state index in [1.165, 1.54) is 0 Å². The number of methoxy groups -OCH3 is 1. The predicted octanol–water partition coefficient (Wildman–Crippen LogP) is 4.11. The van der Waals surface area contributed by atoms with Gasteiger partial charge < -0.3 is 4.74 Å². The summed E-state index contributed by atoms with van der Waals surface area (Å²) in [7, 11) is 1.59. The summed E-state index contributed by atoms with van der Waals surface area (Å²) in [5.74, 6) is 0.622. The average Bonchev–Trinajstić information content (AvgIpc) is 2.81. The van der Waals surface area contributed by atoms with E-state index in [0.717, 1.165) is 16.5 Å². The van der Waals surface area contributed by atoms with Crippen LogP contribution in [0.4, 0.5) is 0 Å². The highest BCUT2D eigenvalue weighted by atomic mass is 35.5. The molecule has 1 heterocycles. The molecule has 0 saturated heterocycles. The first kappa shape index (κ1) is 12.4. The largest absolute Gasteiger partial charge is 0.497 e. The van der Waals surface area contributed by atoms with Crippen molar-refractivity contribution in [2.45, 2.75) is 0 Å². The minimum Gasteiger partial charge on any atom is -0.497 e. The van der Waals surface area contributed by atoms with Gasteiger partial charge in [-0.05, 0) is 18.2 Å². The van der Waals surface area contributed by atoms with E-state index in [4.69, 9.17) is 16.3 Å². The Morgan fingerprint density at radius 3 is 2.62 bits per heavy atom. The smallest absolute Gasteiger partial charge is 0.197 e. The number of ether oxygens (including phenoxy) is 1. The van der Waals surface area contributed by atoms with Crippen LogP contribution in [0.1, 0.15) is 15.9 Å². The van der Waals surface area contributed by atoms with Gasteiger partial charge in [-0.3, -0.25) is 4.79 Å². The van der Waals surface area contributed by atoms with Crippen LogP contribution in [-0.2, 0) is 0 Å². The van der Waals surface area contributed by atoms with E-state index in [1.807, 2.05) is 30.3 Å². The van der Waals surface area contributed by atoms with Crippen LogP contribution in [0.25, 0.3) is 22.2 Å². The number of ketones is 1. The van der Waals surface area contributed by atoms with Crippen LogP contribution in [0.2, 0.25) is 5.02 Å². The minimum absolute atomic E-state index is 0.0668. The van der Waals surface area contributed by atoms with E-state index >= 15 is 0 Å². The van der Waals surface area contributed by atoms with Crippen molar-refractivity contribution in [2.24, 2.45) is 0 Å².